The summed E-state index contributed by atoms with van der Waals surface area (Å²) in [5.74, 6) is 0.122. The summed E-state index contributed by atoms with van der Waals surface area (Å²) in [4.78, 5) is 33.5. The lowest BCUT2D eigenvalue weighted by atomic mass is 9.89. The lowest BCUT2D eigenvalue weighted by Crippen LogP contribution is -2.29. The molecule has 1 fully saturated rings. The third kappa shape index (κ3) is 4.14. The van der Waals surface area contributed by atoms with Crippen molar-refractivity contribution in [2.75, 3.05) is 0 Å². The van der Waals surface area contributed by atoms with E-state index in [1.807, 2.05) is 0 Å². The number of hydrogen-bond donors (Lipinski definition) is 0. The minimum absolute atomic E-state index is 0.108. The number of esters is 1. The van der Waals surface area contributed by atoms with Gasteiger partial charge in [-0.25, -0.2) is 0 Å². The van der Waals surface area contributed by atoms with E-state index in [1.54, 1.807) is 0 Å². The normalized spacial score (nSPS) is 21.8. The number of carbonyl (C=O) groups is 1. The van der Waals surface area contributed by atoms with Gasteiger partial charge in [-0.1, -0.05) is 6.92 Å². The molecule has 1 aliphatic rings. The maximum atomic E-state index is 11.8. The summed E-state index contributed by atoms with van der Waals surface area (Å²) in [6, 6.07) is 2.19. The Balaban J connectivity index is 1.98. The van der Waals surface area contributed by atoms with Gasteiger partial charge in [-0.2, -0.15) is 0 Å². The first-order valence-electron chi connectivity index (χ1n) is 7.00. The molecule has 0 unspecified atom stereocenters. The Labute approximate surface area is 121 Å². The predicted octanol–water partition coefficient (Wildman–Crippen LogP) is 1.88. The Kier molecular flexibility index (Phi) is 4.72. The molecule has 0 saturated heterocycles. The van der Waals surface area contributed by atoms with E-state index in [4.69, 9.17) is 4.74 Å². The number of pyridine rings is 1. The summed E-state index contributed by atoms with van der Waals surface area (Å²) >= 11 is 0. The van der Waals surface area contributed by atoms with Crippen LogP contribution in [0.3, 0.4) is 0 Å². The number of aromatic nitrogens is 1. The molecule has 0 N–H and O–H groups in total. The van der Waals surface area contributed by atoms with E-state index in [9.17, 15) is 19.7 Å². The zero-order chi connectivity index (χ0) is 15.4. The third-order valence-corrected chi connectivity index (χ3v) is 3.74. The second-order valence-electron chi connectivity index (χ2n) is 5.48. The Bertz CT molecular complexity index is 587. The molecule has 0 spiro atoms. The minimum atomic E-state index is -0.607. The first kappa shape index (κ1) is 15.2. The van der Waals surface area contributed by atoms with Gasteiger partial charge in [0.25, 0.3) is 11.2 Å². The standard InChI is InChI=1S/C14H18N2O5/c1-10-2-5-12(6-3-10)21-14(18)9-15-8-11(16(19)20)4-7-13(15)17/h4,7-8,10,12H,2-3,5-6,9H2,1H3. The first-order chi connectivity index (χ1) is 9.95. The molecule has 0 aromatic carbocycles. The molecule has 7 nitrogen and oxygen atoms in total. The summed E-state index contributed by atoms with van der Waals surface area (Å²) in [6.07, 6.45) is 4.66. The molecule has 0 amide bonds. The highest BCUT2D eigenvalue weighted by Crippen LogP contribution is 2.25. The molecule has 21 heavy (non-hydrogen) atoms. The molecular formula is C14H18N2O5. The van der Waals surface area contributed by atoms with Crippen LogP contribution in [0.4, 0.5) is 5.69 Å². The van der Waals surface area contributed by atoms with Crippen molar-refractivity contribution in [2.45, 2.75) is 45.3 Å². The van der Waals surface area contributed by atoms with Crippen LogP contribution in [0.2, 0.25) is 0 Å². The van der Waals surface area contributed by atoms with Crippen LogP contribution in [-0.4, -0.2) is 21.6 Å². The van der Waals surface area contributed by atoms with Crippen LogP contribution in [0.1, 0.15) is 32.6 Å². The van der Waals surface area contributed by atoms with Crippen molar-refractivity contribution in [3.8, 4) is 0 Å². The fraction of sp³-hybridized carbons (Fsp3) is 0.571. The van der Waals surface area contributed by atoms with E-state index in [-0.39, 0.29) is 18.3 Å². The van der Waals surface area contributed by atoms with E-state index in [2.05, 4.69) is 6.92 Å². The van der Waals surface area contributed by atoms with Crippen LogP contribution >= 0.6 is 0 Å². The van der Waals surface area contributed by atoms with Gasteiger partial charge < -0.3 is 4.74 Å². The topological polar surface area (TPSA) is 91.4 Å². The van der Waals surface area contributed by atoms with Gasteiger partial charge in [0.2, 0.25) is 0 Å². The zero-order valence-electron chi connectivity index (χ0n) is 11.9. The van der Waals surface area contributed by atoms with Crippen molar-refractivity contribution in [1.82, 2.24) is 4.57 Å². The Morgan fingerprint density at radius 3 is 2.67 bits per heavy atom. The summed E-state index contributed by atoms with van der Waals surface area (Å²) in [5.41, 5.74) is -0.691. The van der Waals surface area contributed by atoms with Crippen molar-refractivity contribution in [3.05, 3.63) is 38.8 Å². The summed E-state index contributed by atoms with van der Waals surface area (Å²) in [6.45, 7) is 1.87. The fourth-order valence-electron chi connectivity index (χ4n) is 2.46. The van der Waals surface area contributed by atoms with Gasteiger partial charge in [0, 0.05) is 12.1 Å². The number of carbonyl (C=O) groups excluding carboxylic acids is 1. The maximum Gasteiger partial charge on any atom is 0.326 e. The van der Waals surface area contributed by atoms with Crippen LogP contribution in [0.15, 0.2) is 23.1 Å². The minimum Gasteiger partial charge on any atom is -0.461 e. The van der Waals surface area contributed by atoms with Gasteiger partial charge in [-0.15, -0.1) is 0 Å². The maximum absolute atomic E-state index is 11.8. The molecular weight excluding hydrogens is 276 g/mol. The van der Waals surface area contributed by atoms with Gasteiger partial charge in [0.1, 0.15) is 12.6 Å². The van der Waals surface area contributed by atoms with Gasteiger partial charge in [-0.3, -0.25) is 24.3 Å². The zero-order valence-corrected chi connectivity index (χ0v) is 11.9. The quantitative estimate of drug-likeness (QED) is 0.480. The predicted molar refractivity (Wildman–Crippen MR) is 74.9 cm³/mol. The second-order valence-corrected chi connectivity index (χ2v) is 5.48. The highest BCUT2D eigenvalue weighted by molar-refractivity contribution is 5.69. The fourth-order valence-corrected chi connectivity index (χ4v) is 2.46. The van der Waals surface area contributed by atoms with Gasteiger partial charge >= 0.3 is 5.97 Å². The van der Waals surface area contributed by atoms with E-state index in [0.29, 0.717) is 5.92 Å². The van der Waals surface area contributed by atoms with Crippen LogP contribution < -0.4 is 5.56 Å². The summed E-state index contributed by atoms with van der Waals surface area (Å²) in [7, 11) is 0. The SMILES string of the molecule is CC1CCC(OC(=O)Cn2cc([N+](=O)[O-])ccc2=O)CC1. The molecule has 0 bridgehead atoms. The highest BCUT2D eigenvalue weighted by Gasteiger charge is 2.22. The van der Waals surface area contributed by atoms with Crippen molar-refractivity contribution in [1.29, 1.82) is 0 Å². The lowest BCUT2D eigenvalue weighted by molar-refractivity contribution is -0.385. The Morgan fingerprint density at radius 1 is 1.38 bits per heavy atom. The smallest absolute Gasteiger partial charge is 0.326 e. The molecule has 0 radical (unpaired) electrons. The number of ether oxygens (including phenoxy) is 1. The van der Waals surface area contributed by atoms with Gasteiger partial charge in [0.15, 0.2) is 0 Å². The molecule has 0 atom stereocenters. The van der Waals surface area contributed by atoms with E-state index < -0.39 is 16.5 Å². The molecule has 114 valence electrons. The Hall–Kier alpha value is -2.18. The number of rotatable bonds is 4. The average Bonchev–Trinajstić information content (AvgIpc) is 2.43. The summed E-state index contributed by atoms with van der Waals surface area (Å²) < 4.78 is 6.34. The van der Waals surface area contributed by atoms with Crippen molar-refractivity contribution in [3.63, 3.8) is 0 Å². The average molecular weight is 294 g/mol. The second kappa shape index (κ2) is 6.51. The number of nitro groups is 1. The van der Waals surface area contributed by atoms with Crippen LogP contribution in [0.5, 0.6) is 0 Å². The van der Waals surface area contributed by atoms with Crippen molar-refractivity contribution < 1.29 is 14.5 Å². The number of nitrogens with zero attached hydrogens (tertiary/aromatic N) is 2. The van der Waals surface area contributed by atoms with E-state index in [0.717, 1.165) is 48.6 Å². The van der Waals surface area contributed by atoms with Crippen LogP contribution in [0, 0.1) is 16.0 Å². The molecule has 1 heterocycles. The van der Waals surface area contributed by atoms with Crippen LogP contribution in [0.25, 0.3) is 0 Å². The largest absolute Gasteiger partial charge is 0.461 e. The number of hydrogen-bond acceptors (Lipinski definition) is 5. The third-order valence-electron chi connectivity index (χ3n) is 3.74. The molecule has 1 saturated carbocycles. The van der Waals surface area contributed by atoms with Crippen molar-refractivity contribution in [2.24, 2.45) is 5.92 Å². The Morgan fingerprint density at radius 2 is 2.05 bits per heavy atom. The van der Waals surface area contributed by atoms with E-state index >= 15 is 0 Å². The van der Waals surface area contributed by atoms with Crippen molar-refractivity contribution >= 4 is 11.7 Å². The molecule has 0 aliphatic heterocycles. The molecule has 7 heteroatoms. The molecule has 2 rings (SSSR count). The lowest BCUT2D eigenvalue weighted by Gasteiger charge is -2.26. The van der Waals surface area contributed by atoms with Gasteiger partial charge in [0.05, 0.1) is 11.1 Å². The molecule has 1 aliphatic carbocycles. The summed E-state index contributed by atoms with van der Waals surface area (Å²) in [5, 5.41) is 10.7. The van der Waals surface area contributed by atoms with E-state index in [1.165, 1.54) is 0 Å². The first-order valence-corrected chi connectivity index (χ1v) is 7.00. The van der Waals surface area contributed by atoms with Gasteiger partial charge in [-0.05, 0) is 31.6 Å². The van der Waals surface area contributed by atoms with Crippen LogP contribution in [-0.2, 0) is 16.1 Å². The highest BCUT2D eigenvalue weighted by atomic mass is 16.6. The molecule has 1 aromatic heterocycles. The monoisotopic (exact) mass is 294 g/mol. The molecule has 1 aromatic rings.